The minimum atomic E-state index is -0.744. The third-order valence-corrected chi connectivity index (χ3v) is 7.98. The number of rotatable bonds is 17. The summed E-state index contributed by atoms with van der Waals surface area (Å²) in [5.74, 6) is -0.710. The number of benzene rings is 2. The summed E-state index contributed by atoms with van der Waals surface area (Å²) in [6.45, 7) is 11.0. The van der Waals surface area contributed by atoms with Crippen molar-refractivity contribution in [2.24, 2.45) is 23.5 Å². The summed E-state index contributed by atoms with van der Waals surface area (Å²) in [5.41, 5.74) is 7.87. The van der Waals surface area contributed by atoms with Gasteiger partial charge in [0, 0.05) is 31.7 Å². The van der Waals surface area contributed by atoms with Gasteiger partial charge in [-0.2, -0.15) is 0 Å². The van der Waals surface area contributed by atoms with Crippen molar-refractivity contribution in [3.8, 4) is 0 Å². The Balaban J connectivity index is 2.01. The van der Waals surface area contributed by atoms with E-state index < -0.39 is 12.1 Å². The van der Waals surface area contributed by atoms with E-state index in [1.807, 2.05) is 101 Å². The van der Waals surface area contributed by atoms with Crippen molar-refractivity contribution in [3.05, 3.63) is 65.7 Å². The maximum Gasteiger partial charge on any atom is 0.323 e. The van der Waals surface area contributed by atoms with Gasteiger partial charge in [-0.25, -0.2) is 4.79 Å². The lowest BCUT2D eigenvalue weighted by Gasteiger charge is -2.29. The van der Waals surface area contributed by atoms with Gasteiger partial charge in [0.05, 0.1) is 0 Å². The molecule has 2 rings (SSSR count). The van der Waals surface area contributed by atoms with Crippen LogP contribution in [0.3, 0.4) is 0 Å². The second-order valence-corrected chi connectivity index (χ2v) is 12.1. The molecule has 0 unspecified atom stereocenters. The first-order chi connectivity index (χ1) is 20.8. The normalized spacial score (nSPS) is 13.3. The van der Waals surface area contributed by atoms with Crippen LogP contribution in [0, 0.1) is 17.8 Å². The number of likely N-dealkylation sites (N-methyl/N-ethyl adjacent to an activating group) is 2. The lowest BCUT2D eigenvalue weighted by Crippen LogP contribution is -2.49. The number of nitrogens with one attached hydrogen (secondary N) is 2. The quantitative estimate of drug-likeness (QED) is 0.183. The monoisotopic (exact) mass is 609 g/mol. The Morgan fingerprint density at radius 3 is 2.07 bits per heavy atom. The van der Waals surface area contributed by atoms with Crippen LogP contribution in [0.25, 0.3) is 0 Å². The lowest BCUT2D eigenvalue weighted by molar-refractivity contribution is -0.152. The molecule has 0 heterocycles. The Morgan fingerprint density at radius 2 is 1.50 bits per heavy atom. The highest BCUT2D eigenvalue weighted by atomic mass is 16.5. The van der Waals surface area contributed by atoms with E-state index in [0.29, 0.717) is 38.0 Å². The molecule has 0 saturated heterocycles. The Bertz CT molecular complexity index is 1200. The first-order valence-corrected chi connectivity index (χ1v) is 15.4. The predicted octanol–water partition coefficient (Wildman–Crippen LogP) is 4.12. The van der Waals surface area contributed by atoms with Crippen molar-refractivity contribution < 1.29 is 23.9 Å². The fraction of sp³-hybridized carbons (Fsp3) is 0.529. The molecular formula is C34H51N5O5. The van der Waals surface area contributed by atoms with Crippen LogP contribution in [0.2, 0.25) is 0 Å². The third-order valence-electron chi connectivity index (χ3n) is 7.98. The van der Waals surface area contributed by atoms with Gasteiger partial charge in [-0.15, -0.1) is 0 Å². The molecule has 0 aromatic heterocycles. The van der Waals surface area contributed by atoms with Crippen molar-refractivity contribution in [2.45, 2.75) is 72.6 Å². The highest BCUT2D eigenvalue weighted by Gasteiger charge is 2.29. The molecule has 242 valence electrons. The summed E-state index contributed by atoms with van der Waals surface area (Å²) in [6.07, 6.45) is 1.55. The van der Waals surface area contributed by atoms with E-state index in [1.54, 1.807) is 11.9 Å². The molecule has 0 bridgehead atoms. The first kappa shape index (κ1) is 36.3. The number of nitrogens with two attached hydrogens (primary N) is 1. The standard InChI is InChI=1S/C34H51N5O5/c1-23(2)25(5)31(40)37-29(14-11-20-36-34(35)43)32(41)39(7)28-17-15-26(16-18-28)19-21-38(6)30(24(3)4)33(42)44-22-27-12-9-8-10-13-27/h8-10,12-13,15-18,23-25,29-30H,11,14,19-22H2,1-7H3,(H,37,40)(H3,35,36,43)/t25-,29-,30-/m0/s1. The summed E-state index contributed by atoms with van der Waals surface area (Å²) in [4.78, 5) is 53.8. The molecule has 0 fully saturated rings. The number of carbonyl (C=O) groups is 4. The molecule has 0 aliphatic carbocycles. The van der Waals surface area contributed by atoms with E-state index in [9.17, 15) is 19.2 Å². The summed E-state index contributed by atoms with van der Waals surface area (Å²) in [7, 11) is 3.62. The molecule has 0 radical (unpaired) electrons. The Labute approximate surface area is 262 Å². The number of amides is 4. The van der Waals surface area contributed by atoms with Gasteiger partial charge < -0.3 is 26.0 Å². The summed E-state index contributed by atoms with van der Waals surface area (Å²) in [5, 5.41) is 5.44. The second-order valence-electron chi connectivity index (χ2n) is 12.1. The highest BCUT2D eigenvalue weighted by Crippen LogP contribution is 2.19. The van der Waals surface area contributed by atoms with Crippen molar-refractivity contribution in [2.75, 3.05) is 32.1 Å². The number of hydrogen-bond acceptors (Lipinski definition) is 6. The summed E-state index contributed by atoms with van der Waals surface area (Å²) < 4.78 is 5.63. The topological polar surface area (TPSA) is 134 Å². The van der Waals surface area contributed by atoms with E-state index >= 15 is 0 Å². The number of ether oxygens (including phenoxy) is 1. The van der Waals surface area contributed by atoms with Gasteiger partial charge in [0.2, 0.25) is 11.8 Å². The Kier molecular flexibility index (Phi) is 14.9. The van der Waals surface area contributed by atoms with Crippen LogP contribution in [-0.4, -0.2) is 68.0 Å². The zero-order valence-corrected chi connectivity index (χ0v) is 27.3. The van der Waals surface area contributed by atoms with Gasteiger partial charge in [0.15, 0.2) is 0 Å². The van der Waals surface area contributed by atoms with Crippen LogP contribution in [0.5, 0.6) is 0 Å². The largest absolute Gasteiger partial charge is 0.460 e. The van der Waals surface area contributed by atoms with Gasteiger partial charge in [-0.3, -0.25) is 19.3 Å². The Hall–Kier alpha value is -3.92. The molecule has 3 atom stereocenters. The van der Waals surface area contributed by atoms with Crippen LogP contribution in [-0.2, 0) is 32.1 Å². The van der Waals surface area contributed by atoms with Gasteiger partial charge in [0.25, 0.3) is 0 Å². The van der Waals surface area contributed by atoms with Gasteiger partial charge in [-0.05, 0) is 61.4 Å². The average Bonchev–Trinajstić information content (AvgIpc) is 2.99. The van der Waals surface area contributed by atoms with Crippen molar-refractivity contribution in [1.82, 2.24) is 15.5 Å². The van der Waals surface area contributed by atoms with E-state index in [2.05, 4.69) is 10.6 Å². The molecule has 0 spiro atoms. The molecular weight excluding hydrogens is 558 g/mol. The van der Waals surface area contributed by atoms with Crippen LogP contribution in [0.15, 0.2) is 54.6 Å². The van der Waals surface area contributed by atoms with Crippen LogP contribution in [0.1, 0.15) is 58.6 Å². The zero-order valence-electron chi connectivity index (χ0n) is 27.3. The highest BCUT2D eigenvalue weighted by molar-refractivity contribution is 5.99. The minimum absolute atomic E-state index is 0.0776. The molecule has 10 heteroatoms. The molecule has 2 aromatic rings. The molecule has 0 aliphatic heterocycles. The lowest BCUT2D eigenvalue weighted by atomic mass is 9.96. The van der Waals surface area contributed by atoms with Crippen LogP contribution >= 0.6 is 0 Å². The smallest absolute Gasteiger partial charge is 0.323 e. The van der Waals surface area contributed by atoms with Crippen LogP contribution in [0.4, 0.5) is 10.5 Å². The number of hydrogen-bond donors (Lipinski definition) is 3. The number of carbonyl (C=O) groups excluding carboxylic acids is 4. The van der Waals surface area contributed by atoms with Crippen molar-refractivity contribution in [1.29, 1.82) is 0 Å². The number of primary amides is 1. The second kappa shape index (κ2) is 18.0. The average molecular weight is 610 g/mol. The van der Waals surface area contributed by atoms with E-state index in [0.717, 1.165) is 11.1 Å². The first-order valence-electron chi connectivity index (χ1n) is 15.4. The van der Waals surface area contributed by atoms with Gasteiger partial charge in [-0.1, -0.05) is 77.1 Å². The van der Waals surface area contributed by atoms with Crippen molar-refractivity contribution >= 4 is 29.5 Å². The fourth-order valence-electron chi connectivity index (χ4n) is 4.85. The number of urea groups is 1. The SMILES string of the molecule is CC(C)[C@H](C)C(=O)N[C@@H](CCCNC(N)=O)C(=O)N(C)c1ccc(CCN(C)[C@H](C(=O)OCc2ccccc2)C(C)C)cc1. The number of esters is 1. The maximum atomic E-state index is 13.5. The fourth-order valence-corrected chi connectivity index (χ4v) is 4.85. The predicted molar refractivity (Wildman–Crippen MR) is 174 cm³/mol. The van der Waals surface area contributed by atoms with E-state index in [-0.39, 0.29) is 48.2 Å². The van der Waals surface area contributed by atoms with Crippen molar-refractivity contribution in [3.63, 3.8) is 0 Å². The molecule has 0 aliphatic rings. The number of anilines is 1. The molecule has 0 saturated carbocycles. The Morgan fingerprint density at radius 1 is 0.864 bits per heavy atom. The zero-order chi connectivity index (χ0) is 32.8. The van der Waals surface area contributed by atoms with E-state index in [4.69, 9.17) is 10.5 Å². The molecule has 4 N–H and O–H groups in total. The third kappa shape index (κ3) is 11.6. The van der Waals surface area contributed by atoms with Crippen LogP contribution < -0.4 is 21.3 Å². The van der Waals surface area contributed by atoms with Gasteiger partial charge in [0.1, 0.15) is 18.7 Å². The summed E-state index contributed by atoms with van der Waals surface area (Å²) >= 11 is 0. The maximum absolute atomic E-state index is 13.5. The molecule has 4 amide bonds. The molecule has 44 heavy (non-hydrogen) atoms. The minimum Gasteiger partial charge on any atom is -0.460 e. The van der Waals surface area contributed by atoms with E-state index in [1.165, 1.54) is 0 Å². The molecule has 10 nitrogen and oxygen atoms in total. The molecule has 2 aromatic carbocycles. The number of nitrogens with zero attached hydrogens (tertiary/aromatic N) is 2. The van der Waals surface area contributed by atoms with Gasteiger partial charge >= 0.3 is 12.0 Å². The summed E-state index contributed by atoms with van der Waals surface area (Å²) in [6, 6.07) is 15.6.